The highest BCUT2D eigenvalue weighted by Gasteiger charge is 2.31. The van der Waals surface area contributed by atoms with Crippen molar-refractivity contribution in [3.05, 3.63) is 62.7 Å². The monoisotopic (exact) mass is 413 g/mol. The van der Waals surface area contributed by atoms with Crippen LogP contribution in [0, 0.1) is 16.0 Å². The van der Waals surface area contributed by atoms with Gasteiger partial charge < -0.3 is 10.2 Å². The number of anilines is 2. The van der Waals surface area contributed by atoms with Gasteiger partial charge in [-0.25, -0.2) is 0 Å². The van der Waals surface area contributed by atoms with Crippen molar-refractivity contribution in [1.82, 2.24) is 0 Å². The van der Waals surface area contributed by atoms with E-state index in [1.165, 1.54) is 12.1 Å². The predicted octanol–water partition coefficient (Wildman–Crippen LogP) is 4.58. The molecule has 1 fully saturated rings. The number of nitro groups is 1. The van der Waals surface area contributed by atoms with Crippen LogP contribution in [0.25, 0.3) is 0 Å². The Hall–Kier alpha value is -2.93. The maximum absolute atomic E-state index is 12.8. The highest BCUT2D eigenvalue weighted by molar-refractivity contribution is 6.32. The number of nitrogens with zero attached hydrogens (tertiary/aromatic N) is 2. The number of rotatable bonds is 4. The maximum atomic E-state index is 12.8. The second-order valence-electron chi connectivity index (χ2n) is 7.44. The van der Waals surface area contributed by atoms with Gasteiger partial charge in [-0.15, -0.1) is 0 Å². The quantitative estimate of drug-likeness (QED) is 0.586. The topological polar surface area (TPSA) is 92.6 Å². The van der Waals surface area contributed by atoms with Crippen LogP contribution in [0.2, 0.25) is 5.02 Å². The third-order valence-corrected chi connectivity index (χ3v) is 5.93. The van der Waals surface area contributed by atoms with E-state index >= 15 is 0 Å². The van der Waals surface area contributed by atoms with E-state index < -0.39 is 10.8 Å². The molecule has 0 radical (unpaired) electrons. The lowest BCUT2D eigenvalue weighted by atomic mass is 10.1. The number of carbonyl (C=O) groups is 2. The molecule has 0 unspecified atom stereocenters. The van der Waals surface area contributed by atoms with Crippen molar-refractivity contribution in [1.29, 1.82) is 0 Å². The fourth-order valence-corrected chi connectivity index (χ4v) is 4.29. The number of amides is 2. The maximum Gasteiger partial charge on any atom is 0.288 e. The molecule has 4 rings (SSSR count). The Morgan fingerprint density at radius 1 is 1.14 bits per heavy atom. The van der Waals surface area contributed by atoms with Crippen molar-refractivity contribution in [2.45, 2.75) is 32.1 Å². The molecule has 1 saturated carbocycles. The number of fused-ring (bicyclic) bond motifs is 1. The summed E-state index contributed by atoms with van der Waals surface area (Å²) in [6.07, 6.45) is 4.90. The van der Waals surface area contributed by atoms with Gasteiger partial charge in [0.1, 0.15) is 5.02 Å². The van der Waals surface area contributed by atoms with Gasteiger partial charge >= 0.3 is 0 Å². The Bertz CT molecular complexity index is 1000. The molecule has 150 valence electrons. The molecule has 0 aromatic heterocycles. The number of benzene rings is 2. The highest BCUT2D eigenvalue weighted by atomic mass is 35.5. The lowest BCUT2D eigenvalue weighted by Gasteiger charge is -2.21. The third-order valence-electron chi connectivity index (χ3n) is 5.61. The predicted molar refractivity (Wildman–Crippen MR) is 111 cm³/mol. The van der Waals surface area contributed by atoms with E-state index in [9.17, 15) is 19.7 Å². The molecule has 0 saturated heterocycles. The van der Waals surface area contributed by atoms with E-state index in [2.05, 4.69) is 5.32 Å². The van der Waals surface area contributed by atoms with Gasteiger partial charge in [-0.2, -0.15) is 0 Å². The van der Waals surface area contributed by atoms with Crippen molar-refractivity contribution in [3.8, 4) is 0 Å². The van der Waals surface area contributed by atoms with Crippen LogP contribution in [-0.4, -0.2) is 23.3 Å². The molecular formula is C21H20ClN3O4. The number of halogens is 1. The van der Waals surface area contributed by atoms with Gasteiger partial charge in [0, 0.05) is 35.5 Å². The van der Waals surface area contributed by atoms with Crippen LogP contribution in [0.5, 0.6) is 0 Å². The molecular weight excluding hydrogens is 394 g/mol. The first-order valence-electron chi connectivity index (χ1n) is 9.63. The Morgan fingerprint density at radius 2 is 1.90 bits per heavy atom. The first-order valence-corrected chi connectivity index (χ1v) is 10.0. The van der Waals surface area contributed by atoms with Crippen molar-refractivity contribution in [3.63, 3.8) is 0 Å². The first-order chi connectivity index (χ1) is 13.9. The Morgan fingerprint density at radius 3 is 2.62 bits per heavy atom. The number of hydrogen-bond donors (Lipinski definition) is 1. The second kappa shape index (κ2) is 7.83. The van der Waals surface area contributed by atoms with Crippen molar-refractivity contribution >= 4 is 40.5 Å². The average molecular weight is 414 g/mol. The fraction of sp³-hybridized carbons (Fsp3) is 0.333. The minimum Gasteiger partial charge on any atom is -0.322 e. The van der Waals surface area contributed by atoms with E-state index in [4.69, 9.17) is 11.6 Å². The molecule has 29 heavy (non-hydrogen) atoms. The van der Waals surface area contributed by atoms with Crippen molar-refractivity contribution < 1.29 is 14.5 Å². The highest BCUT2D eigenvalue weighted by Crippen LogP contribution is 2.35. The lowest BCUT2D eigenvalue weighted by Crippen LogP contribution is -2.33. The van der Waals surface area contributed by atoms with Gasteiger partial charge in [-0.05, 0) is 55.2 Å². The number of nitrogens with one attached hydrogen (secondary N) is 1. The SMILES string of the molecule is O=C(Nc1ccc2c(c1)CCN2C(=O)C1CCCC1)c1ccc(Cl)c([N+](=O)[O-])c1. The van der Waals surface area contributed by atoms with E-state index in [-0.39, 0.29) is 28.1 Å². The summed E-state index contributed by atoms with van der Waals surface area (Å²) in [7, 11) is 0. The largest absolute Gasteiger partial charge is 0.322 e. The molecule has 2 aliphatic rings. The first kappa shape index (κ1) is 19.4. The molecule has 0 spiro atoms. The van der Waals surface area contributed by atoms with Crippen LogP contribution in [0.1, 0.15) is 41.6 Å². The molecule has 1 aliphatic heterocycles. The molecule has 0 atom stereocenters. The van der Waals surface area contributed by atoms with Gasteiger partial charge in [-0.1, -0.05) is 24.4 Å². The normalized spacial score (nSPS) is 16.0. The zero-order chi connectivity index (χ0) is 20.5. The summed E-state index contributed by atoms with van der Waals surface area (Å²) in [6, 6.07) is 9.41. The summed E-state index contributed by atoms with van der Waals surface area (Å²) in [6.45, 7) is 0.658. The smallest absolute Gasteiger partial charge is 0.288 e. The average Bonchev–Trinajstić information content (AvgIpc) is 3.37. The molecule has 2 aromatic rings. The van der Waals surface area contributed by atoms with Gasteiger partial charge in [0.25, 0.3) is 11.6 Å². The molecule has 2 aromatic carbocycles. The number of nitro benzene ring substituents is 1. The summed E-state index contributed by atoms with van der Waals surface area (Å²) >= 11 is 5.80. The van der Waals surface area contributed by atoms with Crippen LogP contribution in [0.4, 0.5) is 17.1 Å². The van der Waals surface area contributed by atoms with Crippen LogP contribution >= 0.6 is 11.6 Å². The number of hydrogen-bond acceptors (Lipinski definition) is 4. The Balaban J connectivity index is 1.50. The van der Waals surface area contributed by atoms with Crippen molar-refractivity contribution in [2.24, 2.45) is 5.92 Å². The zero-order valence-corrected chi connectivity index (χ0v) is 16.4. The Labute approximate surface area is 172 Å². The molecule has 1 heterocycles. The summed E-state index contributed by atoms with van der Waals surface area (Å²) in [4.78, 5) is 37.5. The van der Waals surface area contributed by atoms with Crippen LogP contribution in [-0.2, 0) is 11.2 Å². The molecule has 1 N–H and O–H groups in total. The van der Waals surface area contributed by atoms with E-state index in [0.29, 0.717) is 12.2 Å². The van der Waals surface area contributed by atoms with E-state index in [1.807, 2.05) is 17.0 Å². The summed E-state index contributed by atoms with van der Waals surface area (Å²) in [5.74, 6) is -0.130. The summed E-state index contributed by atoms with van der Waals surface area (Å²) < 4.78 is 0. The lowest BCUT2D eigenvalue weighted by molar-refractivity contribution is -0.384. The summed E-state index contributed by atoms with van der Waals surface area (Å²) in [5.41, 5.74) is 2.34. The third kappa shape index (κ3) is 3.82. The summed E-state index contributed by atoms with van der Waals surface area (Å²) in [5, 5.41) is 13.8. The minimum absolute atomic E-state index is 0.0175. The zero-order valence-electron chi connectivity index (χ0n) is 15.7. The van der Waals surface area contributed by atoms with Gasteiger partial charge in [-0.3, -0.25) is 19.7 Å². The Kier molecular flexibility index (Phi) is 5.24. The van der Waals surface area contributed by atoms with Gasteiger partial charge in [0.2, 0.25) is 5.91 Å². The van der Waals surface area contributed by atoms with Gasteiger partial charge in [0.05, 0.1) is 4.92 Å². The van der Waals surface area contributed by atoms with Gasteiger partial charge in [0.15, 0.2) is 0 Å². The van der Waals surface area contributed by atoms with Crippen LogP contribution < -0.4 is 10.2 Å². The van der Waals surface area contributed by atoms with Crippen molar-refractivity contribution in [2.75, 3.05) is 16.8 Å². The van der Waals surface area contributed by atoms with E-state index in [0.717, 1.165) is 49.4 Å². The number of carbonyl (C=O) groups excluding carboxylic acids is 2. The second-order valence-corrected chi connectivity index (χ2v) is 7.85. The van der Waals surface area contributed by atoms with Crippen LogP contribution in [0.3, 0.4) is 0 Å². The standard InChI is InChI=1S/C21H20ClN3O4/c22-17-7-5-15(12-19(17)25(28)29)20(26)23-16-6-8-18-14(11-16)9-10-24(18)21(27)13-3-1-2-4-13/h5-8,11-13H,1-4,9-10H2,(H,23,26). The van der Waals surface area contributed by atoms with Crippen LogP contribution in [0.15, 0.2) is 36.4 Å². The molecule has 1 aliphatic carbocycles. The molecule has 0 bridgehead atoms. The minimum atomic E-state index is -0.621. The molecule has 2 amide bonds. The molecule has 8 heteroatoms. The van der Waals surface area contributed by atoms with E-state index in [1.54, 1.807) is 6.07 Å². The fourth-order valence-electron chi connectivity index (χ4n) is 4.10. The molecule has 7 nitrogen and oxygen atoms in total.